The maximum absolute atomic E-state index is 12.9. The summed E-state index contributed by atoms with van der Waals surface area (Å²) in [5.74, 6) is 0.693. The van der Waals surface area contributed by atoms with Crippen molar-refractivity contribution in [1.82, 2.24) is 5.43 Å². The van der Waals surface area contributed by atoms with Crippen molar-refractivity contribution in [3.8, 4) is 5.75 Å². The number of hydrogen-bond acceptors (Lipinski definition) is 5. The van der Waals surface area contributed by atoms with Crippen LogP contribution in [0.25, 0.3) is 0 Å². The maximum Gasteiger partial charge on any atom is 0.291 e. The minimum atomic E-state index is -0.403. The van der Waals surface area contributed by atoms with E-state index in [9.17, 15) is 9.59 Å². The number of aryl methyl sites for hydroxylation is 1. The first-order valence-electron chi connectivity index (χ1n) is 10.3. The van der Waals surface area contributed by atoms with Crippen molar-refractivity contribution in [2.24, 2.45) is 5.10 Å². The standard InChI is InChI=1S/C24H21Cl2N3O4/c1-13-21-19(28-29-23(30)14-5-3-6-16(11-14)32-2)7-4-8-20(21)33-22(13)24(31)27-15-9-10-17(25)18(26)12-15/h3,5-6,9-12H,4,7-8H2,1-2H3,(H,27,31)(H,29,30)/b28-19+. The van der Waals surface area contributed by atoms with E-state index < -0.39 is 5.91 Å². The van der Waals surface area contributed by atoms with Crippen LogP contribution in [0.1, 0.15) is 50.6 Å². The maximum atomic E-state index is 12.9. The molecule has 33 heavy (non-hydrogen) atoms. The molecule has 0 radical (unpaired) electrons. The van der Waals surface area contributed by atoms with Crippen LogP contribution in [0.15, 0.2) is 52.0 Å². The van der Waals surface area contributed by atoms with Gasteiger partial charge in [-0.3, -0.25) is 9.59 Å². The number of ether oxygens (including phenoxy) is 1. The summed E-state index contributed by atoms with van der Waals surface area (Å²) in [5.41, 5.74) is 5.62. The van der Waals surface area contributed by atoms with E-state index in [1.165, 1.54) is 7.11 Å². The van der Waals surface area contributed by atoms with Gasteiger partial charge in [0.05, 0.1) is 22.9 Å². The van der Waals surface area contributed by atoms with Crippen molar-refractivity contribution in [2.45, 2.75) is 26.2 Å². The molecule has 0 unspecified atom stereocenters. The lowest BCUT2D eigenvalue weighted by molar-refractivity contribution is 0.0953. The second kappa shape index (κ2) is 9.68. The van der Waals surface area contributed by atoms with Gasteiger partial charge >= 0.3 is 0 Å². The van der Waals surface area contributed by atoms with Crippen molar-refractivity contribution in [3.05, 3.63) is 80.7 Å². The average molecular weight is 486 g/mol. The zero-order chi connectivity index (χ0) is 23.5. The number of amides is 2. The fraction of sp³-hybridized carbons (Fsp3) is 0.208. The quantitative estimate of drug-likeness (QED) is 0.458. The second-order valence-corrected chi connectivity index (χ2v) is 8.34. The number of halogens is 2. The summed E-state index contributed by atoms with van der Waals surface area (Å²) in [4.78, 5) is 25.4. The van der Waals surface area contributed by atoms with Gasteiger partial charge in [0.25, 0.3) is 11.8 Å². The fourth-order valence-corrected chi connectivity index (χ4v) is 4.00. The van der Waals surface area contributed by atoms with Crippen LogP contribution in [-0.4, -0.2) is 24.6 Å². The zero-order valence-corrected chi connectivity index (χ0v) is 19.5. The van der Waals surface area contributed by atoms with Crippen molar-refractivity contribution in [2.75, 3.05) is 12.4 Å². The van der Waals surface area contributed by atoms with E-state index in [0.29, 0.717) is 56.9 Å². The van der Waals surface area contributed by atoms with Crippen LogP contribution in [0.5, 0.6) is 5.75 Å². The monoisotopic (exact) mass is 485 g/mol. The molecule has 3 aromatic rings. The Balaban J connectivity index is 1.56. The van der Waals surface area contributed by atoms with Gasteiger partial charge in [-0.1, -0.05) is 29.3 Å². The predicted octanol–water partition coefficient (Wildman–Crippen LogP) is 5.63. The number of hydrogen-bond donors (Lipinski definition) is 2. The van der Waals surface area contributed by atoms with Crippen LogP contribution >= 0.6 is 23.2 Å². The minimum absolute atomic E-state index is 0.194. The number of furan rings is 1. The molecule has 2 aromatic carbocycles. The number of carbonyl (C=O) groups is 2. The molecule has 2 amide bonds. The van der Waals surface area contributed by atoms with Gasteiger partial charge in [-0.2, -0.15) is 5.10 Å². The van der Waals surface area contributed by atoms with Crippen LogP contribution < -0.4 is 15.5 Å². The summed E-state index contributed by atoms with van der Waals surface area (Å²) in [5, 5.41) is 7.86. The Morgan fingerprint density at radius 3 is 2.64 bits per heavy atom. The summed E-state index contributed by atoms with van der Waals surface area (Å²) < 4.78 is 11.1. The van der Waals surface area contributed by atoms with Gasteiger partial charge < -0.3 is 14.5 Å². The van der Waals surface area contributed by atoms with Gasteiger partial charge in [-0.05, 0) is 56.2 Å². The van der Waals surface area contributed by atoms with E-state index in [1.54, 1.807) is 49.4 Å². The molecule has 0 bridgehead atoms. The third-order valence-corrected chi connectivity index (χ3v) is 6.07. The highest BCUT2D eigenvalue weighted by Gasteiger charge is 2.28. The Morgan fingerprint density at radius 1 is 1.06 bits per heavy atom. The van der Waals surface area contributed by atoms with Crippen LogP contribution in [-0.2, 0) is 6.42 Å². The Labute approximate surface area is 200 Å². The molecule has 9 heteroatoms. The van der Waals surface area contributed by atoms with E-state index >= 15 is 0 Å². The average Bonchev–Trinajstić information content (AvgIpc) is 3.17. The predicted molar refractivity (Wildman–Crippen MR) is 128 cm³/mol. The first-order chi connectivity index (χ1) is 15.9. The van der Waals surface area contributed by atoms with Crippen LogP contribution in [0.4, 0.5) is 5.69 Å². The highest BCUT2D eigenvalue weighted by Crippen LogP contribution is 2.31. The molecule has 0 saturated heterocycles. The van der Waals surface area contributed by atoms with Crippen molar-refractivity contribution < 1.29 is 18.7 Å². The number of methoxy groups -OCH3 is 1. The molecule has 0 aliphatic heterocycles. The molecule has 0 atom stereocenters. The van der Waals surface area contributed by atoms with Gasteiger partial charge in [-0.25, -0.2) is 5.43 Å². The zero-order valence-electron chi connectivity index (χ0n) is 18.0. The molecular weight excluding hydrogens is 465 g/mol. The van der Waals surface area contributed by atoms with Gasteiger partial charge in [0, 0.05) is 28.8 Å². The van der Waals surface area contributed by atoms with E-state index in [4.69, 9.17) is 32.4 Å². The fourth-order valence-electron chi connectivity index (χ4n) is 3.71. The Bertz CT molecular complexity index is 1270. The minimum Gasteiger partial charge on any atom is -0.497 e. The van der Waals surface area contributed by atoms with Crippen LogP contribution in [0.2, 0.25) is 10.0 Å². The number of anilines is 1. The van der Waals surface area contributed by atoms with Crippen LogP contribution in [0, 0.1) is 6.92 Å². The number of nitrogens with one attached hydrogen (secondary N) is 2. The molecule has 2 N–H and O–H groups in total. The lowest BCUT2D eigenvalue weighted by Gasteiger charge is -2.13. The van der Waals surface area contributed by atoms with E-state index in [1.807, 2.05) is 0 Å². The molecule has 7 nitrogen and oxygen atoms in total. The third kappa shape index (κ3) is 4.89. The molecule has 0 spiro atoms. The van der Waals surface area contributed by atoms with E-state index in [2.05, 4.69) is 15.8 Å². The van der Waals surface area contributed by atoms with E-state index in [0.717, 1.165) is 12.0 Å². The smallest absolute Gasteiger partial charge is 0.291 e. The SMILES string of the molecule is COc1cccc(C(=O)N/N=C2\CCCc3oc(C(=O)Nc4ccc(Cl)c(Cl)c4)c(C)c32)c1. The van der Waals surface area contributed by atoms with Crippen molar-refractivity contribution in [1.29, 1.82) is 0 Å². The van der Waals surface area contributed by atoms with Gasteiger partial charge in [0.2, 0.25) is 0 Å². The summed E-state index contributed by atoms with van der Waals surface area (Å²) in [6.07, 6.45) is 2.13. The Kier molecular flexibility index (Phi) is 6.72. The molecular formula is C24H21Cl2N3O4. The van der Waals surface area contributed by atoms with Crippen LogP contribution in [0.3, 0.4) is 0 Å². The second-order valence-electron chi connectivity index (χ2n) is 7.52. The molecule has 0 fully saturated rings. The summed E-state index contributed by atoms with van der Waals surface area (Å²) in [7, 11) is 1.54. The largest absolute Gasteiger partial charge is 0.497 e. The first-order valence-corrected chi connectivity index (χ1v) is 11.0. The topological polar surface area (TPSA) is 92.9 Å². The molecule has 0 saturated carbocycles. The van der Waals surface area contributed by atoms with Gasteiger partial charge in [-0.15, -0.1) is 0 Å². The molecule has 1 aliphatic rings. The summed E-state index contributed by atoms with van der Waals surface area (Å²) in [6, 6.07) is 11.6. The molecule has 1 heterocycles. The number of carbonyl (C=O) groups excluding carboxylic acids is 2. The van der Waals surface area contributed by atoms with Gasteiger partial charge in [0.1, 0.15) is 11.5 Å². The number of benzene rings is 2. The van der Waals surface area contributed by atoms with E-state index in [-0.39, 0.29) is 11.7 Å². The van der Waals surface area contributed by atoms with Crippen molar-refractivity contribution in [3.63, 3.8) is 0 Å². The highest BCUT2D eigenvalue weighted by molar-refractivity contribution is 6.42. The Hall–Kier alpha value is -3.29. The summed E-state index contributed by atoms with van der Waals surface area (Å²) >= 11 is 12.0. The molecule has 1 aliphatic carbocycles. The number of hydrazone groups is 1. The lowest BCUT2D eigenvalue weighted by atomic mass is 9.93. The number of nitrogens with zero attached hydrogens (tertiary/aromatic N) is 1. The van der Waals surface area contributed by atoms with Gasteiger partial charge in [0.15, 0.2) is 5.76 Å². The van der Waals surface area contributed by atoms with Crippen molar-refractivity contribution >= 4 is 46.4 Å². The third-order valence-electron chi connectivity index (χ3n) is 5.33. The molecule has 4 rings (SSSR count). The summed E-state index contributed by atoms with van der Waals surface area (Å²) in [6.45, 7) is 1.80. The number of fused-ring (bicyclic) bond motifs is 1. The first kappa shape index (κ1) is 22.9. The normalized spacial score (nSPS) is 14.0. The molecule has 170 valence electrons. The Morgan fingerprint density at radius 2 is 1.88 bits per heavy atom. The number of rotatable bonds is 5. The highest BCUT2D eigenvalue weighted by atomic mass is 35.5. The lowest BCUT2D eigenvalue weighted by Crippen LogP contribution is -2.22. The molecule has 1 aromatic heterocycles.